The number of fused-ring (bicyclic) bond motifs is 1. The Bertz CT molecular complexity index is 354. The summed E-state index contributed by atoms with van der Waals surface area (Å²) in [7, 11) is 0. The highest BCUT2D eigenvalue weighted by Gasteiger charge is 2.22. The van der Waals surface area contributed by atoms with Gasteiger partial charge in [-0.1, -0.05) is 20.8 Å². The molecule has 2 N–H and O–H groups in total. The normalized spacial score (nSPS) is 22.5. The molecule has 2 heterocycles. The zero-order chi connectivity index (χ0) is 11.0. The van der Waals surface area contributed by atoms with Gasteiger partial charge in [0.2, 0.25) is 0 Å². The molecule has 2 rings (SSSR count). The molecule has 3 heteroatoms. The zero-order valence-corrected chi connectivity index (χ0v) is 9.95. The van der Waals surface area contributed by atoms with Gasteiger partial charge in [0.05, 0.1) is 5.69 Å². The fourth-order valence-corrected chi connectivity index (χ4v) is 2.26. The highest BCUT2D eigenvalue weighted by Crippen LogP contribution is 2.29. The molecule has 2 atom stereocenters. The first-order chi connectivity index (χ1) is 7.13. The molecule has 0 aromatic carbocycles. The summed E-state index contributed by atoms with van der Waals surface area (Å²) in [5.74, 6) is 3.32. The van der Waals surface area contributed by atoms with Gasteiger partial charge in [-0.15, -0.1) is 0 Å². The van der Waals surface area contributed by atoms with Crippen LogP contribution in [0.1, 0.15) is 51.0 Å². The van der Waals surface area contributed by atoms with Crippen LogP contribution >= 0.6 is 0 Å². The largest absolute Gasteiger partial charge is 0.384 e. The number of anilines is 1. The first-order valence-electron chi connectivity index (χ1n) is 5.98. The number of hydrogen-bond acceptors (Lipinski definition) is 2. The van der Waals surface area contributed by atoms with Crippen molar-refractivity contribution in [2.75, 3.05) is 5.73 Å². The molecule has 0 aliphatic carbocycles. The molecule has 1 aromatic rings. The van der Waals surface area contributed by atoms with E-state index in [-0.39, 0.29) is 0 Å². The number of hydrogen-bond donors (Lipinski definition) is 1. The van der Waals surface area contributed by atoms with Crippen LogP contribution in [0.5, 0.6) is 0 Å². The summed E-state index contributed by atoms with van der Waals surface area (Å²) >= 11 is 0. The Balaban J connectivity index is 2.36. The van der Waals surface area contributed by atoms with Crippen LogP contribution < -0.4 is 5.73 Å². The first-order valence-corrected chi connectivity index (χ1v) is 5.98. The lowest BCUT2D eigenvalue weighted by atomic mass is 10.0. The molecule has 1 aliphatic rings. The van der Waals surface area contributed by atoms with Crippen molar-refractivity contribution in [2.24, 2.45) is 5.92 Å². The van der Waals surface area contributed by atoms with Crippen molar-refractivity contribution < 1.29 is 0 Å². The minimum Gasteiger partial charge on any atom is -0.384 e. The lowest BCUT2D eigenvalue weighted by Crippen LogP contribution is -2.19. The number of nitrogen functional groups attached to an aromatic ring is 1. The van der Waals surface area contributed by atoms with Crippen LogP contribution in [0.3, 0.4) is 0 Å². The number of nitrogens with two attached hydrogens (primary N) is 1. The molecule has 15 heavy (non-hydrogen) atoms. The molecule has 0 amide bonds. The van der Waals surface area contributed by atoms with E-state index in [0.29, 0.717) is 5.92 Å². The molecule has 1 aromatic heterocycles. The van der Waals surface area contributed by atoms with E-state index >= 15 is 0 Å². The Morgan fingerprint density at radius 1 is 1.60 bits per heavy atom. The molecule has 1 aliphatic heterocycles. The first kappa shape index (κ1) is 10.5. The third-order valence-corrected chi connectivity index (χ3v) is 3.55. The van der Waals surface area contributed by atoms with Crippen molar-refractivity contribution in [3.8, 4) is 0 Å². The predicted octanol–water partition coefficient (Wildman–Crippen LogP) is 2.56. The summed E-state index contributed by atoms with van der Waals surface area (Å²) in [5.41, 5.74) is 7.28. The lowest BCUT2D eigenvalue weighted by molar-refractivity contribution is 0.397. The number of rotatable bonds is 2. The summed E-state index contributed by atoms with van der Waals surface area (Å²) in [5, 5.41) is 0. The summed E-state index contributed by atoms with van der Waals surface area (Å²) in [4.78, 5) is 4.69. The van der Waals surface area contributed by atoms with Crippen LogP contribution in [-0.2, 0) is 13.0 Å². The fourth-order valence-electron chi connectivity index (χ4n) is 2.26. The van der Waals surface area contributed by atoms with Crippen molar-refractivity contribution in [3.05, 3.63) is 11.5 Å². The molecular weight excluding hydrogens is 186 g/mol. The minimum atomic E-state index is 0.485. The van der Waals surface area contributed by atoms with Crippen molar-refractivity contribution >= 4 is 5.82 Å². The van der Waals surface area contributed by atoms with Gasteiger partial charge in [-0.05, 0) is 18.8 Å². The number of imidazole rings is 1. The smallest absolute Gasteiger partial charge is 0.127 e. The number of aryl methyl sites for hydroxylation is 1. The van der Waals surface area contributed by atoms with Gasteiger partial charge in [0.25, 0.3) is 0 Å². The lowest BCUT2D eigenvalue weighted by Gasteiger charge is -2.20. The van der Waals surface area contributed by atoms with Crippen LogP contribution in [0.25, 0.3) is 0 Å². The van der Waals surface area contributed by atoms with Crippen LogP contribution in [0.15, 0.2) is 0 Å². The quantitative estimate of drug-likeness (QED) is 0.810. The molecule has 0 saturated carbocycles. The minimum absolute atomic E-state index is 0.485. The summed E-state index contributed by atoms with van der Waals surface area (Å²) in [6.45, 7) is 7.72. The average molecular weight is 207 g/mol. The Kier molecular flexibility index (Phi) is 2.72. The van der Waals surface area contributed by atoms with Gasteiger partial charge in [0.1, 0.15) is 11.6 Å². The average Bonchev–Trinajstić information content (AvgIpc) is 2.55. The van der Waals surface area contributed by atoms with Crippen LogP contribution in [0, 0.1) is 5.92 Å². The highest BCUT2D eigenvalue weighted by atomic mass is 15.2. The monoisotopic (exact) mass is 207 g/mol. The van der Waals surface area contributed by atoms with Crippen LogP contribution in [0.4, 0.5) is 5.82 Å². The van der Waals surface area contributed by atoms with E-state index in [0.717, 1.165) is 36.8 Å². The maximum Gasteiger partial charge on any atom is 0.127 e. The van der Waals surface area contributed by atoms with Crippen LogP contribution in [0.2, 0.25) is 0 Å². The van der Waals surface area contributed by atoms with E-state index in [1.54, 1.807) is 0 Å². The van der Waals surface area contributed by atoms with Gasteiger partial charge in [-0.25, -0.2) is 4.98 Å². The van der Waals surface area contributed by atoms with E-state index in [4.69, 9.17) is 10.7 Å². The summed E-state index contributed by atoms with van der Waals surface area (Å²) in [6.07, 6.45) is 3.44. The molecule has 3 nitrogen and oxygen atoms in total. The van der Waals surface area contributed by atoms with Crippen molar-refractivity contribution in [1.82, 2.24) is 9.55 Å². The fraction of sp³-hybridized carbons (Fsp3) is 0.750. The SMILES string of the molecule is CCC(C)c1nc2n(c1N)CC(C)CC2. The van der Waals surface area contributed by atoms with Gasteiger partial charge in [-0.2, -0.15) is 0 Å². The Hall–Kier alpha value is -0.990. The van der Waals surface area contributed by atoms with Crippen molar-refractivity contribution in [1.29, 1.82) is 0 Å². The molecule has 0 saturated heterocycles. The van der Waals surface area contributed by atoms with Crippen molar-refractivity contribution in [3.63, 3.8) is 0 Å². The standard InChI is InChI=1S/C12H21N3/c1-4-9(3)11-12(13)15-7-8(2)5-6-10(15)14-11/h8-9H,4-7,13H2,1-3H3. The Labute approximate surface area is 91.7 Å². The van der Waals surface area contributed by atoms with Gasteiger partial charge in [0, 0.05) is 18.9 Å². The topological polar surface area (TPSA) is 43.8 Å². The maximum atomic E-state index is 6.16. The molecule has 0 bridgehead atoms. The highest BCUT2D eigenvalue weighted by molar-refractivity contribution is 5.41. The molecule has 84 valence electrons. The summed E-state index contributed by atoms with van der Waals surface area (Å²) in [6, 6.07) is 0. The van der Waals surface area contributed by atoms with E-state index in [1.165, 1.54) is 12.2 Å². The number of aromatic nitrogens is 2. The molecular formula is C12H21N3. The maximum absolute atomic E-state index is 6.16. The van der Waals surface area contributed by atoms with Gasteiger partial charge in [-0.3, -0.25) is 0 Å². The third-order valence-electron chi connectivity index (χ3n) is 3.55. The van der Waals surface area contributed by atoms with Crippen molar-refractivity contribution in [2.45, 2.75) is 52.5 Å². The third kappa shape index (κ3) is 1.75. The van der Waals surface area contributed by atoms with Gasteiger partial charge >= 0.3 is 0 Å². The van der Waals surface area contributed by atoms with Gasteiger partial charge < -0.3 is 10.3 Å². The number of nitrogens with zero attached hydrogens (tertiary/aromatic N) is 2. The molecule has 0 spiro atoms. The molecule has 0 radical (unpaired) electrons. The zero-order valence-electron chi connectivity index (χ0n) is 9.95. The predicted molar refractivity (Wildman–Crippen MR) is 62.8 cm³/mol. The molecule has 2 unspecified atom stereocenters. The van der Waals surface area contributed by atoms with Crippen LogP contribution in [-0.4, -0.2) is 9.55 Å². The Morgan fingerprint density at radius 2 is 2.33 bits per heavy atom. The second-order valence-corrected chi connectivity index (χ2v) is 4.86. The second-order valence-electron chi connectivity index (χ2n) is 4.86. The molecule has 0 fully saturated rings. The van der Waals surface area contributed by atoms with E-state index in [1.807, 2.05) is 0 Å². The van der Waals surface area contributed by atoms with E-state index < -0.39 is 0 Å². The summed E-state index contributed by atoms with van der Waals surface area (Å²) < 4.78 is 2.22. The van der Waals surface area contributed by atoms with E-state index in [2.05, 4.69) is 25.3 Å². The van der Waals surface area contributed by atoms with Gasteiger partial charge in [0.15, 0.2) is 0 Å². The Morgan fingerprint density at radius 3 is 3.00 bits per heavy atom. The second kappa shape index (κ2) is 3.87. The van der Waals surface area contributed by atoms with E-state index in [9.17, 15) is 0 Å².